The summed E-state index contributed by atoms with van der Waals surface area (Å²) in [6.45, 7) is 0.631. The molecule has 0 saturated heterocycles. The van der Waals surface area contributed by atoms with Gasteiger partial charge in [-0.25, -0.2) is 0 Å². The number of hydrogen-bond donors (Lipinski definition) is 2. The van der Waals surface area contributed by atoms with Crippen LogP contribution in [0.1, 0.15) is 29.2 Å². The van der Waals surface area contributed by atoms with Gasteiger partial charge >= 0.3 is 0 Å². The van der Waals surface area contributed by atoms with E-state index in [1.54, 1.807) is 17.0 Å². The van der Waals surface area contributed by atoms with E-state index < -0.39 is 0 Å². The molecule has 1 aromatic rings. The average molecular weight is 224 g/mol. The third kappa shape index (κ3) is 2.25. The molecule has 0 radical (unpaired) electrons. The monoisotopic (exact) mass is 224 g/mol. The number of carbonyl (C=O) groups is 1. The third-order valence-electron chi connectivity index (χ3n) is 2.66. The fourth-order valence-corrected chi connectivity index (χ4v) is 1.69. The highest BCUT2D eigenvalue weighted by Crippen LogP contribution is 2.28. The predicted molar refractivity (Wildman–Crippen MR) is 57.7 cm³/mol. The molecule has 1 aliphatic carbocycles. The molecule has 88 valence electrons. The zero-order valence-corrected chi connectivity index (χ0v) is 9.06. The molecule has 2 rings (SSSR count). The summed E-state index contributed by atoms with van der Waals surface area (Å²) in [6, 6.07) is 3.61. The Morgan fingerprint density at radius 3 is 2.81 bits per heavy atom. The quantitative estimate of drug-likeness (QED) is 0.755. The molecule has 1 saturated carbocycles. The number of carbonyl (C=O) groups excluding carboxylic acids is 1. The predicted octanol–water partition coefficient (Wildman–Crippen LogP) is 0.335. The fraction of sp³-hybridized carbons (Fsp3) is 0.545. The Balaban J connectivity index is 2.09. The summed E-state index contributed by atoms with van der Waals surface area (Å²) in [4.78, 5) is 13.7. The maximum Gasteiger partial charge on any atom is 0.289 e. The normalized spacial score (nSPS) is 15.1. The van der Waals surface area contributed by atoms with Crippen molar-refractivity contribution in [3.63, 3.8) is 0 Å². The van der Waals surface area contributed by atoms with Crippen LogP contribution in [0.2, 0.25) is 0 Å². The van der Waals surface area contributed by atoms with Crippen LogP contribution in [0, 0.1) is 0 Å². The van der Waals surface area contributed by atoms with Crippen molar-refractivity contribution in [2.75, 3.05) is 13.2 Å². The summed E-state index contributed by atoms with van der Waals surface area (Å²) in [5.41, 5.74) is 5.41. The van der Waals surface area contributed by atoms with Crippen LogP contribution < -0.4 is 5.73 Å². The van der Waals surface area contributed by atoms with Gasteiger partial charge < -0.3 is 20.2 Å². The van der Waals surface area contributed by atoms with Gasteiger partial charge in [-0.1, -0.05) is 0 Å². The minimum atomic E-state index is -0.156. The second-order valence-electron chi connectivity index (χ2n) is 3.92. The second-order valence-corrected chi connectivity index (χ2v) is 3.92. The molecule has 0 unspecified atom stereocenters. The zero-order chi connectivity index (χ0) is 11.5. The zero-order valence-electron chi connectivity index (χ0n) is 9.06. The molecule has 0 aliphatic heterocycles. The van der Waals surface area contributed by atoms with Gasteiger partial charge in [0, 0.05) is 12.6 Å². The van der Waals surface area contributed by atoms with Gasteiger partial charge in [-0.15, -0.1) is 0 Å². The summed E-state index contributed by atoms with van der Waals surface area (Å²) in [6.07, 6.45) is 2.02. The first-order valence-corrected chi connectivity index (χ1v) is 5.47. The van der Waals surface area contributed by atoms with Crippen molar-refractivity contribution < 1.29 is 14.3 Å². The fourth-order valence-electron chi connectivity index (χ4n) is 1.69. The topological polar surface area (TPSA) is 79.7 Å². The van der Waals surface area contributed by atoms with Crippen molar-refractivity contribution >= 4 is 5.91 Å². The van der Waals surface area contributed by atoms with Crippen molar-refractivity contribution in [3.05, 3.63) is 23.7 Å². The van der Waals surface area contributed by atoms with Crippen LogP contribution in [0.3, 0.4) is 0 Å². The maximum absolute atomic E-state index is 12.0. The van der Waals surface area contributed by atoms with E-state index in [2.05, 4.69) is 0 Å². The lowest BCUT2D eigenvalue weighted by Crippen LogP contribution is -2.35. The molecule has 0 aromatic carbocycles. The lowest BCUT2D eigenvalue weighted by atomic mass is 10.3. The highest BCUT2D eigenvalue weighted by molar-refractivity contribution is 5.92. The molecular weight excluding hydrogens is 208 g/mol. The molecular formula is C11H16N2O3. The standard InChI is InChI=1S/C11H16N2O3/c12-7-9-3-4-10(16-9)11(15)13(5-6-14)8-1-2-8/h3-4,8,14H,1-2,5-7,12H2. The third-order valence-corrected chi connectivity index (χ3v) is 2.66. The molecule has 5 heteroatoms. The molecule has 1 amide bonds. The van der Waals surface area contributed by atoms with E-state index in [0.29, 0.717) is 18.1 Å². The molecule has 3 N–H and O–H groups in total. The van der Waals surface area contributed by atoms with E-state index in [1.807, 2.05) is 0 Å². The van der Waals surface area contributed by atoms with Crippen LogP contribution >= 0.6 is 0 Å². The van der Waals surface area contributed by atoms with Crippen molar-refractivity contribution in [1.82, 2.24) is 4.90 Å². The van der Waals surface area contributed by atoms with Gasteiger partial charge in [-0.05, 0) is 25.0 Å². The summed E-state index contributed by atoms with van der Waals surface area (Å²) in [5.74, 6) is 0.750. The van der Waals surface area contributed by atoms with Gasteiger partial charge in [-0.2, -0.15) is 0 Å². The van der Waals surface area contributed by atoms with Crippen LogP contribution in [0.5, 0.6) is 0 Å². The summed E-state index contributed by atoms with van der Waals surface area (Å²) in [7, 11) is 0. The van der Waals surface area contributed by atoms with Crippen LogP contribution in [-0.2, 0) is 6.54 Å². The first-order valence-electron chi connectivity index (χ1n) is 5.47. The lowest BCUT2D eigenvalue weighted by molar-refractivity contribution is 0.0674. The van der Waals surface area contributed by atoms with Gasteiger partial charge in [0.1, 0.15) is 5.76 Å². The van der Waals surface area contributed by atoms with Gasteiger partial charge in [0.15, 0.2) is 5.76 Å². The number of nitrogens with zero attached hydrogens (tertiary/aromatic N) is 1. The number of aliphatic hydroxyl groups is 1. The molecule has 16 heavy (non-hydrogen) atoms. The van der Waals surface area contributed by atoms with E-state index in [1.165, 1.54) is 0 Å². The van der Waals surface area contributed by atoms with Crippen molar-refractivity contribution in [3.8, 4) is 0 Å². The van der Waals surface area contributed by atoms with Crippen LogP contribution in [0.25, 0.3) is 0 Å². The number of rotatable bonds is 5. The number of hydrogen-bond acceptors (Lipinski definition) is 4. The highest BCUT2D eigenvalue weighted by atomic mass is 16.4. The SMILES string of the molecule is NCc1ccc(C(=O)N(CCO)C2CC2)o1. The number of aliphatic hydroxyl groups excluding tert-OH is 1. The smallest absolute Gasteiger partial charge is 0.289 e. The average Bonchev–Trinajstić information content (AvgIpc) is 3.02. The van der Waals surface area contributed by atoms with E-state index in [9.17, 15) is 4.79 Å². The molecule has 0 bridgehead atoms. The Bertz CT molecular complexity index is 371. The second kappa shape index (κ2) is 4.67. The molecule has 0 atom stereocenters. The van der Waals surface area contributed by atoms with E-state index in [4.69, 9.17) is 15.3 Å². The Kier molecular flexibility index (Phi) is 3.26. The number of amides is 1. The summed E-state index contributed by atoms with van der Waals surface area (Å²) >= 11 is 0. The van der Waals surface area contributed by atoms with Crippen LogP contribution in [0.4, 0.5) is 0 Å². The van der Waals surface area contributed by atoms with Crippen molar-refractivity contribution in [2.45, 2.75) is 25.4 Å². The lowest BCUT2D eigenvalue weighted by Gasteiger charge is -2.19. The molecule has 1 heterocycles. The molecule has 0 spiro atoms. The first kappa shape index (κ1) is 11.2. The van der Waals surface area contributed by atoms with Crippen LogP contribution in [-0.4, -0.2) is 35.1 Å². The minimum Gasteiger partial charge on any atom is -0.455 e. The Morgan fingerprint density at radius 1 is 1.56 bits per heavy atom. The number of furan rings is 1. The van der Waals surface area contributed by atoms with Gasteiger partial charge in [0.2, 0.25) is 0 Å². The Hall–Kier alpha value is -1.33. The summed E-state index contributed by atoms with van der Waals surface area (Å²) < 4.78 is 5.30. The molecule has 1 fully saturated rings. The first-order chi connectivity index (χ1) is 7.76. The van der Waals surface area contributed by atoms with Crippen molar-refractivity contribution in [2.24, 2.45) is 5.73 Å². The van der Waals surface area contributed by atoms with Gasteiger partial charge in [0.05, 0.1) is 13.2 Å². The van der Waals surface area contributed by atoms with Gasteiger partial charge in [-0.3, -0.25) is 4.79 Å². The molecule has 1 aliphatic rings. The van der Waals surface area contributed by atoms with Crippen molar-refractivity contribution in [1.29, 1.82) is 0 Å². The molecule has 1 aromatic heterocycles. The Morgan fingerprint density at radius 2 is 2.31 bits per heavy atom. The summed E-state index contributed by atoms with van der Waals surface area (Å²) in [5, 5.41) is 8.92. The highest BCUT2D eigenvalue weighted by Gasteiger charge is 2.33. The van der Waals surface area contributed by atoms with E-state index in [0.717, 1.165) is 12.8 Å². The minimum absolute atomic E-state index is 0.0211. The number of nitrogens with two attached hydrogens (primary N) is 1. The van der Waals surface area contributed by atoms with E-state index >= 15 is 0 Å². The largest absolute Gasteiger partial charge is 0.455 e. The van der Waals surface area contributed by atoms with Gasteiger partial charge in [0.25, 0.3) is 5.91 Å². The Labute approximate surface area is 93.8 Å². The molecule has 5 nitrogen and oxygen atoms in total. The van der Waals surface area contributed by atoms with E-state index in [-0.39, 0.29) is 25.1 Å². The van der Waals surface area contributed by atoms with Crippen LogP contribution in [0.15, 0.2) is 16.5 Å². The maximum atomic E-state index is 12.0.